The highest BCUT2D eigenvalue weighted by Crippen LogP contribution is 2.30. The lowest BCUT2D eigenvalue weighted by Gasteiger charge is -2.46. The summed E-state index contributed by atoms with van der Waals surface area (Å²) < 4.78 is 22.7. The molecule has 2 rings (SSSR count). The molecule has 12 atom stereocenters. The topological polar surface area (TPSA) is 228 Å². The lowest BCUT2D eigenvalue weighted by molar-refractivity contribution is -0.359. The fourth-order valence-corrected chi connectivity index (χ4v) is 9.46. The quantitative estimate of drug-likeness (QED) is 0.0205. The van der Waals surface area contributed by atoms with Crippen LogP contribution in [0.4, 0.5) is 0 Å². The fourth-order valence-electron chi connectivity index (χ4n) is 9.46. The van der Waals surface area contributed by atoms with Gasteiger partial charge in [0.1, 0.15) is 48.8 Å². The molecule has 0 aliphatic carbocycles. The van der Waals surface area contributed by atoms with Crippen molar-refractivity contribution >= 4 is 5.91 Å². The van der Waals surface area contributed by atoms with Gasteiger partial charge in [-0.3, -0.25) is 4.79 Å². The van der Waals surface area contributed by atoms with Crippen molar-refractivity contribution in [1.29, 1.82) is 0 Å². The highest BCUT2D eigenvalue weighted by molar-refractivity contribution is 5.76. The van der Waals surface area contributed by atoms with Gasteiger partial charge in [0.15, 0.2) is 12.6 Å². The normalized spacial score (nSPS) is 26.1. The number of allylic oxidation sites excluding steroid dienone is 3. The van der Waals surface area contributed by atoms with Crippen molar-refractivity contribution < 1.29 is 64.6 Å². The summed E-state index contributed by atoms with van der Waals surface area (Å²) >= 11 is 0. The van der Waals surface area contributed by atoms with Gasteiger partial charge in [0, 0.05) is 6.42 Å². The van der Waals surface area contributed by atoms with E-state index in [1.54, 1.807) is 6.08 Å². The number of rotatable bonds is 45. The molecule has 14 nitrogen and oxygen atoms in total. The van der Waals surface area contributed by atoms with Gasteiger partial charge in [-0.2, -0.15) is 0 Å². The van der Waals surface area contributed by atoms with Crippen molar-refractivity contribution in [2.75, 3.05) is 19.8 Å². The van der Waals surface area contributed by atoms with E-state index in [9.17, 15) is 45.6 Å². The van der Waals surface area contributed by atoms with E-state index < -0.39 is 86.8 Å². The van der Waals surface area contributed by atoms with E-state index >= 15 is 0 Å². The Kier molecular flexibility index (Phi) is 39.5. The zero-order valence-corrected chi connectivity index (χ0v) is 44.0. The third kappa shape index (κ3) is 28.8. The third-order valence-corrected chi connectivity index (χ3v) is 14.1. The molecule has 14 heteroatoms. The first-order chi connectivity index (χ1) is 34.1. The summed E-state index contributed by atoms with van der Waals surface area (Å²) in [6, 6.07) is -0.913. The summed E-state index contributed by atoms with van der Waals surface area (Å²) in [5.41, 5.74) is 0. The second kappa shape index (κ2) is 42.8. The van der Waals surface area contributed by atoms with Crippen molar-refractivity contribution in [2.24, 2.45) is 0 Å². The van der Waals surface area contributed by atoms with Gasteiger partial charge in [-0.15, -0.1) is 0 Å². The number of carbonyl (C=O) groups is 1. The van der Waals surface area contributed by atoms with Crippen LogP contribution in [0.25, 0.3) is 0 Å². The number of nitrogens with one attached hydrogen (secondary N) is 1. The molecule has 2 fully saturated rings. The Hall–Kier alpha value is -1.53. The Morgan fingerprint density at radius 3 is 1.36 bits per heavy atom. The summed E-state index contributed by atoms with van der Waals surface area (Å²) in [5.74, 6) is -0.240. The zero-order chi connectivity index (χ0) is 51.0. The van der Waals surface area contributed by atoms with E-state index in [2.05, 4.69) is 31.3 Å². The van der Waals surface area contributed by atoms with E-state index in [1.807, 2.05) is 6.08 Å². The van der Waals surface area contributed by atoms with Crippen LogP contribution in [-0.2, 0) is 23.7 Å². The maximum absolute atomic E-state index is 13.2. The minimum atomic E-state index is -1.79. The first kappa shape index (κ1) is 64.6. The molecule has 1 amide bonds. The number of carbonyl (C=O) groups excluding carboxylic acids is 1. The second-order valence-corrected chi connectivity index (χ2v) is 20.4. The minimum Gasteiger partial charge on any atom is -0.394 e. The van der Waals surface area contributed by atoms with Crippen molar-refractivity contribution in [3.05, 3.63) is 24.3 Å². The van der Waals surface area contributed by atoms with Crippen LogP contribution in [-0.4, -0.2) is 140 Å². The smallest absolute Gasteiger partial charge is 0.220 e. The molecule has 12 unspecified atom stereocenters. The lowest BCUT2D eigenvalue weighted by Crippen LogP contribution is -2.65. The van der Waals surface area contributed by atoms with Crippen LogP contribution in [0.5, 0.6) is 0 Å². The monoisotopic (exact) mass is 1000 g/mol. The average molecular weight is 1000 g/mol. The van der Waals surface area contributed by atoms with Crippen molar-refractivity contribution in [2.45, 2.75) is 306 Å². The van der Waals surface area contributed by atoms with Crippen LogP contribution in [0.15, 0.2) is 24.3 Å². The standard InChI is InChI=1S/C56H105NO13/c1-3-5-7-9-11-13-15-17-19-20-21-22-23-24-26-28-30-32-34-36-38-40-48(61)57-44(45(60)39-37-35-33-31-29-27-25-18-16-14-12-10-8-6-4-2)43-67-55-53(66)51(64)54(47(42-59)69-55)70-56-52(65)50(63)49(62)46(41-58)68-56/h20-21,37,39,44-47,49-56,58-60,62-66H,3-19,22-36,38,40-43H2,1-2H3,(H,57,61)/b21-20-,39-37+. The maximum atomic E-state index is 13.2. The highest BCUT2D eigenvalue weighted by atomic mass is 16.7. The molecule has 412 valence electrons. The molecule has 0 spiro atoms. The van der Waals surface area contributed by atoms with E-state index in [4.69, 9.17) is 18.9 Å². The Morgan fingerprint density at radius 2 is 0.900 bits per heavy atom. The summed E-state index contributed by atoms with van der Waals surface area (Å²) in [6.45, 7) is 2.80. The molecule has 0 aromatic carbocycles. The molecule has 2 aliphatic heterocycles. The SMILES string of the molecule is CCCCCCCCCC/C=C\CCCCCCCCCCCC(=O)NC(COC1OC(CO)C(OC2OC(CO)C(O)C(O)C2O)C(O)C1O)C(O)/C=C/CCCCCCCCCCCCCCC. The molecule has 2 heterocycles. The number of hydrogen-bond donors (Lipinski definition) is 9. The van der Waals surface area contributed by atoms with Crippen LogP contribution < -0.4 is 5.32 Å². The highest BCUT2D eigenvalue weighted by Gasteiger charge is 2.51. The number of amides is 1. The van der Waals surface area contributed by atoms with Gasteiger partial charge in [0.05, 0.1) is 32.0 Å². The van der Waals surface area contributed by atoms with Gasteiger partial charge >= 0.3 is 0 Å². The van der Waals surface area contributed by atoms with Crippen LogP contribution in [0.3, 0.4) is 0 Å². The molecule has 9 N–H and O–H groups in total. The number of aliphatic hydroxyl groups is 8. The number of hydrogen-bond acceptors (Lipinski definition) is 13. The van der Waals surface area contributed by atoms with Crippen molar-refractivity contribution in [3.63, 3.8) is 0 Å². The Balaban J connectivity index is 1.78. The van der Waals surface area contributed by atoms with Crippen LogP contribution >= 0.6 is 0 Å². The molecule has 0 aromatic rings. The number of ether oxygens (including phenoxy) is 4. The Bertz CT molecular complexity index is 1270. The Labute approximate surface area is 424 Å². The van der Waals surface area contributed by atoms with Crippen molar-refractivity contribution in [3.8, 4) is 0 Å². The van der Waals surface area contributed by atoms with E-state index in [0.29, 0.717) is 6.42 Å². The minimum absolute atomic E-state index is 0.240. The molecule has 2 aliphatic rings. The average Bonchev–Trinajstić information content (AvgIpc) is 3.36. The maximum Gasteiger partial charge on any atom is 0.220 e. The largest absolute Gasteiger partial charge is 0.394 e. The molecule has 70 heavy (non-hydrogen) atoms. The van der Waals surface area contributed by atoms with Gasteiger partial charge in [-0.05, 0) is 44.9 Å². The molecule has 2 saturated heterocycles. The first-order valence-electron chi connectivity index (χ1n) is 28.6. The number of aliphatic hydroxyl groups excluding tert-OH is 8. The Morgan fingerprint density at radius 1 is 0.500 bits per heavy atom. The van der Waals surface area contributed by atoms with Crippen LogP contribution in [0, 0.1) is 0 Å². The summed E-state index contributed by atoms with van der Waals surface area (Å²) in [5, 5.41) is 87.0. The second-order valence-electron chi connectivity index (χ2n) is 20.4. The van der Waals surface area contributed by atoms with E-state index in [-0.39, 0.29) is 18.9 Å². The van der Waals surface area contributed by atoms with Crippen LogP contribution in [0.1, 0.15) is 232 Å². The lowest BCUT2D eigenvalue weighted by atomic mass is 9.97. The summed E-state index contributed by atoms with van der Waals surface area (Å²) in [4.78, 5) is 13.2. The fraction of sp³-hybridized carbons (Fsp3) is 0.911. The van der Waals surface area contributed by atoms with Gasteiger partial charge in [-0.25, -0.2) is 0 Å². The molecular weight excluding hydrogens is 895 g/mol. The predicted molar refractivity (Wildman–Crippen MR) is 277 cm³/mol. The van der Waals surface area contributed by atoms with E-state index in [1.165, 1.54) is 167 Å². The zero-order valence-electron chi connectivity index (χ0n) is 44.0. The van der Waals surface area contributed by atoms with Crippen LogP contribution in [0.2, 0.25) is 0 Å². The summed E-state index contributed by atoms with van der Waals surface area (Å²) in [7, 11) is 0. The van der Waals surface area contributed by atoms with E-state index in [0.717, 1.165) is 38.5 Å². The van der Waals surface area contributed by atoms with Gasteiger partial charge in [0.2, 0.25) is 5.91 Å². The predicted octanol–water partition coefficient (Wildman–Crippen LogP) is 8.89. The molecular formula is C56H105NO13. The van der Waals surface area contributed by atoms with Gasteiger partial charge in [-0.1, -0.05) is 205 Å². The first-order valence-corrected chi connectivity index (χ1v) is 28.6. The molecule has 0 radical (unpaired) electrons. The van der Waals surface area contributed by atoms with Gasteiger partial charge in [0.25, 0.3) is 0 Å². The molecule has 0 bridgehead atoms. The number of unbranched alkanes of at least 4 members (excludes halogenated alkanes) is 30. The third-order valence-electron chi connectivity index (χ3n) is 14.1. The molecule has 0 saturated carbocycles. The summed E-state index contributed by atoms with van der Waals surface area (Å²) in [6.07, 6.45) is 32.1. The molecule has 0 aromatic heterocycles. The van der Waals surface area contributed by atoms with Crippen molar-refractivity contribution in [1.82, 2.24) is 5.32 Å². The van der Waals surface area contributed by atoms with Gasteiger partial charge < -0.3 is 65.1 Å².